The summed E-state index contributed by atoms with van der Waals surface area (Å²) in [5.74, 6) is -1.39. The maximum Gasteiger partial charge on any atom is 0.305 e. The second kappa shape index (κ2) is 5.09. The Morgan fingerprint density at radius 2 is 1.94 bits per heavy atom. The fourth-order valence-corrected chi connectivity index (χ4v) is 2.03. The Balaban J connectivity index is 2.79. The van der Waals surface area contributed by atoms with Crippen molar-refractivity contribution in [1.29, 1.82) is 0 Å². The summed E-state index contributed by atoms with van der Waals surface area (Å²) in [6, 6.07) is -0.495. The molecule has 0 spiro atoms. The van der Waals surface area contributed by atoms with Crippen molar-refractivity contribution in [2.45, 2.75) is 45.6 Å². The van der Waals surface area contributed by atoms with E-state index < -0.39 is 12.0 Å². The number of likely N-dealkylation sites (tertiary alicyclic amines) is 1. The fraction of sp³-hybridized carbons (Fsp3) is 0.727. The molecule has 1 aliphatic heterocycles. The van der Waals surface area contributed by atoms with Gasteiger partial charge in [0.15, 0.2) is 0 Å². The van der Waals surface area contributed by atoms with E-state index in [0.717, 1.165) is 4.90 Å². The van der Waals surface area contributed by atoms with Gasteiger partial charge in [-0.05, 0) is 12.3 Å². The highest BCUT2D eigenvalue weighted by Crippen LogP contribution is 2.23. The van der Waals surface area contributed by atoms with E-state index in [9.17, 15) is 14.4 Å². The summed E-state index contributed by atoms with van der Waals surface area (Å²) >= 11 is 0. The Morgan fingerprint density at radius 1 is 1.44 bits per heavy atom. The van der Waals surface area contributed by atoms with Crippen molar-refractivity contribution < 1.29 is 19.5 Å². The predicted molar refractivity (Wildman–Crippen MR) is 56.6 cm³/mol. The molecule has 0 aromatic carbocycles. The number of imide groups is 1. The Labute approximate surface area is 94.4 Å². The second-order valence-electron chi connectivity index (χ2n) is 4.33. The zero-order valence-electron chi connectivity index (χ0n) is 9.60. The normalized spacial score (nSPS) is 20.0. The van der Waals surface area contributed by atoms with Crippen molar-refractivity contribution in [1.82, 2.24) is 4.90 Å². The standard InChI is InChI=1S/C11H17NO4/c1-3-8(6-11(15)16)12-9(13)4-7(2)5-10(12)14/h7-8H,3-6H2,1-2H3,(H,15,16). The van der Waals surface area contributed by atoms with Crippen molar-refractivity contribution in [3.63, 3.8) is 0 Å². The zero-order chi connectivity index (χ0) is 12.3. The number of rotatable bonds is 4. The first-order valence-electron chi connectivity index (χ1n) is 5.52. The third kappa shape index (κ3) is 2.81. The molecule has 0 aliphatic carbocycles. The topological polar surface area (TPSA) is 74.7 Å². The van der Waals surface area contributed by atoms with E-state index in [2.05, 4.69) is 0 Å². The van der Waals surface area contributed by atoms with Crippen molar-refractivity contribution in [3.05, 3.63) is 0 Å². The van der Waals surface area contributed by atoms with Gasteiger partial charge in [-0.2, -0.15) is 0 Å². The molecule has 16 heavy (non-hydrogen) atoms. The highest BCUT2D eigenvalue weighted by molar-refractivity contribution is 5.98. The predicted octanol–water partition coefficient (Wildman–Crippen LogP) is 1.02. The molecule has 0 radical (unpaired) electrons. The van der Waals surface area contributed by atoms with Crippen LogP contribution >= 0.6 is 0 Å². The largest absolute Gasteiger partial charge is 0.481 e. The number of hydrogen-bond acceptors (Lipinski definition) is 3. The monoisotopic (exact) mass is 227 g/mol. The number of carboxylic acids is 1. The van der Waals surface area contributed by atoms with Gasteiger partial charge in [0.05, 0.1) is 6.42 Å². The van der Waals surface area contributed by atoms with Crippen LogP contribution in [0.4, 0.5) is 0 Å². The first-order valence-corrected chi connectivity index (χ1v) is 5.52. The van der Waals surface area contributed by atoms with Crippen LogP contribution in [0.5, 0.6) is 0 Å². The van der Waals surface area contributed by atoms with Gasteiger partial charge in [0.2, 0.25) is 11.8 Å². The van der Waals surface area contributed by atoms with Crippen LogP contribution in [0.1, 0.15) is 39.5 Å². The third-order valence-corrected chi connectivity index (χ3v) is 2.83. The van der Waals surface area contributed by atoms with E-state index in [1.807, 2.05) is 6.92 Å². The number of carbonyl (C=O) groups is 3. The molecule has 0 bridgehead atoms. The van der Waals surface area contributed by atoms with Crippen LogP contribution in [-0.2, 0) is 14.4 Å². The maximum atomic E-state index is 11.7. The van der Waals surface area contributed by atoms with Crippen LogP contribution in [0.2, 0.25) is 0 Å². The number of nitrogens with zero attached hydrogens (tertiary/aromatic N) is 1. The van der Waals surface area contributed by atoms with Gasteiger partial charge in [0.25, 0.3) is 0 Å². The lowest BCUT2D eigenvalue weighted by Gasteiger charge is -2.33. The van der Waals surface area contributed by atoms with Gasteiger partial charge in [0.1, 0.15) is 0 Å². The molecule has 5 nitrogen and oxygen atoms in total. The van der Waals surface area contributed by atoms with Crippen molar-refractivity contribution in [2.24, 2.45) is 5.92 Å². The molecule has 1 saturated heterocycles. The summed E-state index contributed by atoms with van der Waals surface area (Å²) < 4.78 is 0. The summed E-state index contributed by atoms with van der Waals surface area (Å²) in [4.78, 5) is 35.2. The third-order valence-electron chi connectivity index (χ3n) is 2.83. The van der Waals surface area contributed by atoms with E-state index in [1.54, 1.807) is 6.92 Å². The summed E-state index contributed by atoms with van der Waals surface area (Å²) in [5.41, 5.74) is 0. The van der Waals surface area contributed by atoms with Crippen LogP contribution in [0.3, 0.4) is 0 Å². The molecule has 1 N–H and O–H groups in total. The van der Waals surface area contributed by atoms with Crippen LogP contribution in [0, 0.1) is 5.92 Å². The minimum atomic E-state index is -0.980. The van der Waals surface area contributed by atoms with Gasteiger partial charge in [-0.3, -0.25) is 19.3 Å². The Morgan fingerprint density at radius 3 is 2.31 bits per heavy atom. The van der Waals surface area contributed by atoms with Crippen LogP contribution in [0.15, 0.2) is 0 Å². The van der Waals surface area contributed by atoms with E-state index in [-0.39, 0.29) is 24.2 Å². The van der Waals surface area contributed by atoms with E-state index >= 15 is 0 Å². The quantitative estimate of drug-likeness (QED) is 0.728. The van der Waals surface area contributed by atoms with Gasteiger partial charge in [-0.25, -0.2) is 0 Å². The molecule has 2 amide bonds. The van der Waals surface area contributed by atoms with Crippen molar-refractivity contribution in [3.8, 4) is 0 Å². The molecule has 1 fully saturated rings. The molecule has 90 valence electrons. The number of carboxylic acid groups (broad SMARTS) is 1. The average Bonchev–Trinajstić information content (AvgIpc) is 2.13. The molecule has 1 aliphatic rings. The van der Waals surface area contributed by atoms with Gasteiger partial charge < -0.3 is 5.11 Å². The molecular formula is C11H17NO4. The minimum absolute atomic E-state index is 0.0681. The molecule has 1 unspecified atom stereocenters. The highest BCUT2D eigenvalue weighted by atomic mass is 16.4. The number of piperidine rings is 1. The maximum absolute atomic E-state index is 11.7. The summed E-state index contributed by atoms with van der Waals surface area (Å²) in [6.45, 7) is 3.64. The van der Waals surface area contributed by atoms with Gasteiger partial charge in [-0.1, -0.05) is 13.8 Å². The van der Waals surface area contributed by atoms with Gasteiger partial charge in [0, 0.05) is 18.9 Å². The fourth-order valence-electron chi connectivity index (χ4n) is 2.03. The van der Waals surface area contributed by atoms with E-state index in [1.165, 1.54) is 0 Å². The molecule has 0 aromatic heterocycles. The van der Waals surface area contributed by atoms with Crippen molar-refractivity contribution in [2.75, 3.05) is 0 Å². The highest BCUT2D eigenvalue weighted by Gasteiger charge is 2.35. The summed E-state index contributed by atoms with van der Waals surface area (Å²) in [7, 11) is 0. The molecule has 1 heterocycles. The van der Waals surface area contributed by atoms with E-state index in [0.29, 0.717) is 19.3 Å². The first-order chi connectivity index (χ1) is 7.45. The first kappa shape index (κ1) is 12.7. The van der Waals surface area contributed by atoms with E-state index in [4.69, 9.17) is 5.11 Å². The smallest absolute Gasteiger partial charge is 0.305 e. The molecular weight excluding hydrogens is 210 g/mol. The molecule has 5 heteroatoms. The minimum Gasteiger partial charge on any atom is -0.481 e. The Bertz CT molecular complexity index is 295. The molecule has 1 atom stereocenters. The summed E-state index contributed by atoms with van der Waals surface area (Å²) in [5, 5.41) is 8.72. The number of hydrogen-bond donors (Lipinski definition) is 1. The lowest BCUT2D eigenvalue weighted by molar-refractivity contribution is -0.154. The lowest BCUT2D eigenvalue weighted by atomic mass is 9.95. The zero-order valence-corrected chi connectivity index (χ0v) is 9.60. The second-order valence-corrected chi connectivity index (χ2v) is 4.33. The summed E-state index contributed by atoms with van der Waals surface area (Å²) in [6.07, 6.45) is 0.990. The van der Waals surface area contributed by atoms with Crippen LogP contribution in [-0.4, -0.2) is 33.8 Å². The molecule has 1 rings (SSSR count). The van der Waals surface area contributed by atoms with Gasteiger partial charge >= 0.3 is 5.97 Å². The van der Waals surface area contributed by atoms with Gasteiger partial charge in [-0.15, -0.1) is 0 Å². The number of carbonyl (C=O) groups excluding carboxylic acids is 2. The van der Waals surface area contributed by atoms with Crippen LogP contribution in [0.25, 0.3) is 0 Å². The SMILES string of the molecule is CCC(CC(=O)O)N1C(=O)CC(C)CC1=O. The Kier molecular flexibility index (Phi) is 4.04. The number of amides is 2. The Hall–Kier alpha value is -1.39. The van der Waals surface area contributed by atoms with Crippen molar-refractivity contribution >= 4 is 17.8 Å². The average molecular weight is 227 g/mol. The van der Waals surface area contributed by atoms with Crippen LogP contribution < -0.4 is 0 Å². The lowest BCUT2D eigenvalue weighted by Crippen LogP contribution is -2.49. The number of aliphatic carboxylic acids is 1. The molecule has 0 saturated carbocycles. The molecule has 0 aromatic rings.